The lowest BCUT2D eigenvalue weighted by Crippen LogP contribution is -2.16. The first-order valence-corrected chi connectivity index (χ1v) is 5.74. The van der Waals surface area contributed by atoms with Crippen LogP contribution in [0.1, 0.15) is 23.7 Å². The summed E-state index contributed by atoms with van der Waals surface area (Å²) in [6, 6.07) is 5.12. The molecular weight excluding hydrogens is 274 g/mol. The minimum absolute atomic E-state index is 0.128. The van der Waals surface area contributed by atoms with Gasteiger partial charge in [-0.25, -0.2) is 4.79 Å². The van der Waals surface area contributed by atoms with Crippen LogP contribution in [0, 0.1) is 0 Å². The molecule has 0 aliphatic rings. The molecule has 1 unspecified atom stereocenters. The molecule has 0 amide bonds. The summed E-state index contributed by atoms with van der Waals surface area (Å²) < 4.78 is 0.543. The molecule has 0 aliphatic heterocycles. The first kappa shape index (κ1) is 13.0. The minimum Gasteiger partial charge on any atom is -0.478 e. The third-order valence-corrected chi connectivity index (χ3v) is 2.83. The van der Waals surface area contributed by atoms with E-state index in [2.05, 4.69) is 21.2 Å². The standard InChI is InChI=1S/C11H14BrNO3/c1-7(4-5-14)13-8-2-3-9(11(15)16)10(12)6-8/h2-3,6-7,13-14H,4-5H2,1H3,(H,15,16). The van der Waals surface area contributed by atoms with E-state index in [9.17, 15) is 4.79 Å². The van der Waals surface area contributed by atoms with Crippen LogP contribution in [0.4, 0.5) is 5.69 Å². The van der Waals surface area contributed by atoms with Gasteiger partial charge in [-0.3, -0.25) is 0 Å². The number of rotatable bonds is 5. The predicted molar refractivity (Wildman–Crippen MR) is 65.9 cm³/mol. The fourth-order valence-electron chi connectivity index (χ4n) is 1.33. The Balaban J connectivity index is 2.77. The van der Waals surface area contributed by atoms with E-state index in [0.29, 0.717) is 10.9 Å². The maximum absolute atomic E-state index is 10.8. The third kappa shape index (κ3) is 3.50. The summed E-state index contributed by atoms with van der Waals surface area (Å²) in [5.41, 5.74) is 1.07. The molecule has 0 heterocycles. The molecule has 0 radical (unpaired) electrons. The van der Waals surface area contributed by atoms with Crippen molar-refractivity contribution >= 4 is 27.6 Å². The summed E-state index contributed by atoms with van der Waals surface area (Å²) in [5.74, 6) is -0.957. The molecule has 4 nitrogen and oxygen atoms in total. The van der Waals surface area contributed by atoms with Crippen LogP contribution in [0.2, 0.25) is 0 Å². The number of aliphatic hydroxyl groups excluding tert-OH is 1. The molecule has 0 saturated carbocycles. The molecule has 1 atom stereocenters. The van der Waals surface area contributed by atoms with Crippen molar-refractivity contribution < 1.29 is 15.0 Å². The van der Waals surface area contributed by atoms with E-state index in [1.54, 1.807) is 18.2 Å². The summed E-state index contributed by atoms with van der Waals surface area (Å²) in [4.78, 5) is 10.8. The van der Waals surface area contributed by atoms with Gasteiger partial charge in [0.25, 0.3) is 0 Å². The zero-order valence-electron chi connectivity index (χ0n) is 8.90. The van der Waals surface area contributed by atoms with Crippen LogP contribution in [-0.4, -0.2) is 28.8 Å². The van der Waals surface area contributed by atoms with Gasteiger partial charge in [-0.2, -0.15) is 0 Å². The van der Waals surface area contributed by atoms with E-state index < -0.39 is 5.97 Å². The van der Waals surface area contributed by atoms with Gasteiger partial charge in [0.2, 0.25) is 0 Å². The molecule has 3 N–H and O–H groups in total. The monoisotopic (exact) mass is 287 g/mol. The molecule has 88 valence electrons. The number of halogens is 1. The van der Waals surface area contributed by atoms with Gasteiger partial charge < -0.3 is 15.5 Å². The number of carboxylic acid groups (broad SMARTS) is 1. The smallest absolute Gasteiger partial charge is 0.336 e. The van der Waals surface area contributed by atoms with Gasteiger partial charge in [0.15, 0.2) is 0 Å². The van der Waals surface area contributed by atoms with Gasteiger partial charge in [-0.05, 0) is 47.5 Å². The maximum Gasteiger partial charge on any atom is 0.336 e. The largest absolute Gasteiger partial charge is 0.478 e. The van der Waals surface area contributed by atoms with Crippen LogP contribution in [0.5, 0.6) is 0 Å². The first-order valence-electron chi connectivity index (χ1n) is 4.95. The Hall–Kier alpha value is -1.07. The molecule has 0 aliphatic carbocycles. The average Bonchev–Trinajstić information content (AvgIpc) is 2.17. The van der Waals surface area contributed by atoms with Crippen molar-refractivity contribution in [2.75, 3.05) is 11.9 Å². The summed E-state index contributed by atoms with van der Waals surface area (Å²) in [7, 11) is 0. The molecule has 1 rings (SSSR count). The normalized spacial score (nSPS) is 12.2. The Labute approximate surface area is 102 Å². The molecule has 1 aromatic rings. The lowest BCUT2D eigenvalue weighted by molar-refractivity contribution is 0.0696. The maximum atomic E-state index is 10.8. The van der Waals surface area contributed by atoms with Crippen molar-refractivity contribution in [1.29, 1.82) is 0 Å². The van der Waals surface area contributed by atoms with E-state index in [0.717, 1.165) is 5.69 Å². The van der Waals surface area contributed by atoms with Crippen LogP contribution >= 0.6 is 15.9 Å². The number of hydrogen-bond donors (Lipinski definition) is 3. The second-order valence-electron chi connectivity index (χ2n) is 3.56. The number of aromatic carboxylic acids is 1. The van der Waals surface area contributed by atoms with Crippen molar-refractivity contribution in [2.45, 2.75) is 19.4 Å². The van der Waals surface area contributed by atoms with Crippen molar-refractivity contribution in [2.24, 2.45) is 0 Å². The number of nitrogens with one attached hydrogen (secondary N) is 1. The fraction of sp³-hybridized carbons (Fsp3) is 0.364. The van der Waals surface area contributed by atoms with E-state index >= 15 is 0 Å². The average molecular weight is 288 g/mol. The van der Waals surface area contributed by atoms with Gasteiger partial charge in [-0.15, -0.1) is 0 Å². The van der Waals surface area contributed by atoms with Gasteiger partial charge >= 0.3 is 5.97 Å². The number of carboxylic acids is 1. The predicted octanol–water partition coefficient (Wildman–Crippen LogP) is 2.33. The second kappa shape index (κ2) is 5.86. The minimum atomic E-state index is -0.957. The number of hydrogen-bond acceptors (Lipinski definition) is 3. The van der Waals surface area contributed by atoms with Crippen molar-refractivity contribution in [3.63, 3.8) is 0 Å². The topological polar surface area (TPSA) is 69.6 Å². The lowest BCUT2D eigenvalue weighted by atomic mass is 10.2. The summed E-state index contributed by atoms with van der Waals surface area (Å²) in [5, 5.41) is 20.8. The van der Waals surface area contributed by atoms with Gasteiger partial charge in [0, 0.05) is 22.8 Å². The molecule has 0 bridgehead atoms. The first-order chi connectivity index (χ1) is 7.54. The molecule has 16 heavy (non-hydrogen) atoms. The Morgan fingerprint density at radius 2 is 2.25 bits per heavy atom. The highest BCUT2D eigenvalue weighted by atomic mass is 79.9. The van der Waals surface area contributed by atoms with E-state index in [1.165, 1.54) is 0 Å². The highest BCUT2D eigenvalue weighted by molar-refractivity contribution is 9.10. The molecule has 0 aromatic heterocycles. The van der Waals surface area contributed by atoms with Crippen molar-refractivity contribution in [3.05, 3.63) is 28.2 Å². The van der Waals surface area contributed by atoms with Crippen LogP contribution in [-0.2, 0) is 0 Å². The SMILES string of the molecule is CC(CCO)Nc1ccc(C(=O)O)c(Br)c1. The Morgan fingerprint density at radius 3 is 2.75 bits per heavy atom. The van der Waals surface area contributed by atoms with Crippen molar-refractivity contribution in [3.8, 4) is 0 Å². The van der Waals surface area contributed by atoms with E-state index in [4.69, 9.17) is 10.2 Å². The quantitative estimate of drug-likeness (QED) is 0.777. The van der Waals surface area contributed by atoms with E-state index in [1.807, 2.05) is 6.92 Å². The van der Waals surface area contributed by atoms with Gasteiger partial charge in [0.1, 0.15) is 0 Å². The third-order valence-electron chi connectivity index (χ3n) is 2.17. The Kier molecular flexibility index (Phi) is 4.76. The van der Waals surface area contributed by atoms with Gasteiger partial charge in [-0.1, -0.05) is 0 Å². The zero-order chi connectivity index (χ0) is 12.1. The van der Waals surface area contributed by atoms with Crippen LogP contribution < -0.4 is 5.32 Å². The fourth-order valence-corrected chi connectivity index (χ4v) is 1.88. The number of benzene rings is 1. The molecule has 0 fully saturated rings. The highest BCUT2D eigenvalue weighted by Gasteiger charge is 2.09. The van der Waals surface area contributed by atoms with E-state index in [-0.39, 0.29) is 18.2 Å². The zero-order valence-corrected chi connectivity index (χ0v) is 10.5. The molecule has 0 spiro atoms. The van der Waals surface area contributed by atoms with Crippen LogP contribution in [0.3, 0.4) is 0 Å². The second-order valence-corrected chi connectivity index (χ2v) is 4.41. The highest BCUT2D eigenvalue weighted by Crippen LogP contribution is 2.22. The van der Waals surface area contributed by atoms with Crippen LogP contribution in [0.25, 0.3) is 0 Å². The summed E-state index contributed by atoms with van der Waals surface area (Å²) in [6.07, 6.45) is 0.651. The molecule has 5 heteroatoms. The van der Waals surface area contributed by atoms with Crippen molar-refractivity contribution in [1.82, 2.24) is 0 Å². The van der Waals surface area contributed by atoms with Crippen LogP contribution in [0.15, 0.2) is 22.7 Å². The Bertz CT molecular complexity index is 381. The Morgan fingerprint density at radius 1 is 1.56 bits per heavy atom. The molecule has 1 aromatic carbocycles. The molecule has 0 saturated heterocycles. The molecular formula is C11H14BrNO3. The van der Waals surface area contributed by atoms with Gasteiger partial charge in [0.05, 0.1) is 5.56 Å². The number of anilines is 1. The number of aliphatic hydroxyl groups is 1. The summed E-state index contributed by atoms with van der Waals surface area (Å²) in [6.45, 7) is 2.08. The number of carbonyl (C=O) groups is 1. The summed E-state index contributed by atoms with van der Waals surface area (Å²) >= 11 is 3.21. The lowest BCUT2D eigenvalue weighted by Gasteiger charge is -2.14.